The van der Waals surface area contributed by atoms with Crippen LogP contribution >= 0.6 is 0 Å². The molecule has 0 aliphatic carbocycles. The van der Waals surface area contributed by atoms with Crippen molar-refractivity contribution in [2.45, 2.75) is 12.6 Å². The second-order valence-electron chi connectivity index (χ2n) is 6.91. The fourth-order valence-corrected chi connectivity index (χ4v) is 3.48. The Labute approximate surface area is 173 Å². The number of para-hydroxylation sites is 2. The van der Waals surface area contributed by atoms with Crippen molar-refractivity contribution in [3.8, 4) is 5.75 Å². The van der Waals surface area contributed by atoms with E-state index in [1.807, 2.05) is 24.3 Å². The van der Waals surface area contributed by atoms with Gasteiger partial charge in [0.05, 0.1) is 12.8 Å². The fraction of sp³-hybridized carbons (Fsp3) is 0.130. The van der Waals surface area contributed by atoms with Gasteiger partial charge in [0.25, 0.3) is 0 Å². The van der Waals surface area contributed by atoms with E-state index in [9.17, 15) is 9.90 Å². The number of primary amides is 1. The second kappa shape index (κ2) is 8.67. The van der Waals surface area contributed by atoms with E-state index in [2.05, 4.69) is 39.4 Å². The Bertz CT molecular complexity index is 1150. The first-order valence-corrected chi connectivity index (χ1v) is 9.57. The number of aromatic nitrogens is 1. The van der Waals surface area contributed by atoms with E-state index in [-0.39, 0.29) is 6.61 Å². The number of ether oxygens (including phenoxy) is 1. The van der Waals surface area contributed by atoms with Crippen LogP contribution in [0, 0.1) is 0 Å². The summed E-state index contributed by atoms with van der Waals surface area (Å²) in [4.78, 5) is 10.6. The van der Waals surface area contributed by atoms with Crippen molar-refractivity contribution in [2.75, 3.05) is 6.61 Å². The van der Waals surface area contributed by atoms with Crippen LogP contribution < -0.4 is 15.9 Å². The van der Waals surface area contributed by atoms with Crippen LogP contribution in [-0.4, -0.2) is 34.6 Å². The van der Waals surface area contributed by atoms with Gasteiger partial charge in [0.15, 0.2) is 0 Å². The molecule has 0 aliphatic heterocycles. The van der Waals surface area contributed by atoms with Crippen molar-refractivity contribution in [3.05, 3.63) is 78.4 Å². The van der Waals surface area contributed by atoms with Crippen molar-refractivity contribution in [3.63, 3.8) is 0 Å². The van der Waals surface area contributed by atoms with Gasteiger partial charge in [-0.2, -0.15) is 5.10 Å². The van der Waals surface area contributed by atoms with Gasteiger partial charge in [-0.3, -0.25) is 0 Å². The number of aliphatic hydroxyl groups excluding tert-OH is 1. The molecule has 0 spiro atoms. The highest BCUT2D eigenvalue weighted by atomic mass is 16.5. The largest absolute Gasteiger partial charge is 0.491 e. The molecule has 7 nitrogen and oxygen atoms in total. The molecule has 4 N–H and O–H groups in total. The molecule has 0 unspecified atom stereocenters. The molecule has 1 heterocycles. The summed E-state index contributed by atoms with van der Waals surface area (Å²) >= 11 is 0. The Balaban J connectivity index is 1.42. The van der Waals surface area contributed by atoms with Crippen LogP contribution in [0.5, 0.6) is 5.75 Å². The third-order valence-corrected chi connectivity index (χ3v) is 4.78. The molecule has 152 valence electrons. The highest BCUT2D eigenvalue weighted by Crippen LogP contribution is 2.28. The van der Waals surface area contributed by atoms with Crippen LogP contribution in [0.3, 0.4) is 0 Å². The van der Waals surface area contributed by atoms with E-state index in [0.29, 0.717) is 12.3 Å². The average Bonchev–Trinajstić information content (AvgIpc) is 3.07. The van der Waals surface area contributed by atoms with Crippen LogP contribution in [-0.2, 0) is 6.54 Å². The lowest BCUT2D eigenvalue weighted by Crippen LogP contribution is -2.24. The third-order valence-electron chi connectivity index (χ3n) is 4.78. The first-order chi connectivity index (χ1) is 14.6. The van der Waals surface area contributed by atoms with Crippen LogP contribution in [0.25, 0.3) is 21.8 Å². The summed E-state index contributed by atoms with van der Waals surface area (Å²) in [7, 11) is 0. The number of carbonyl (C=O) groups excluding carboxylic acids is 1. The van der Waals surface area contributed by atoms with Gasteiger partial charge in [0.2, 0.25) is 0 Å². The molecular formula is C23H22N4O3. The number of hydrogen-bond donors (Lipinski definition) is 3. The highest BCUT2D eigenvalue weighted by Gasteiger charge is 2.13. The summed E-state index contributed by atoms with van der Waals surface area (Å²) in [6.07, 6.45) is 0.802. The molecule has 0 saturated heterocycles. The Morgan fingerprint density at radius 3 is 2.23 bits per heavy atom. The predicted octanol–water partition coefficient (Wildman–Crippen LogP) is 3.24. The topological polar surface area (TPSA) is 102 Å². The second-order valence-corrected chi connectivity index (χ2v) is 6.91. The normalized spacial score (nSPS) is 12.4. The summed E-state index contributed by atoms with van der Waals surface area (Å²) in [6.45, 7) is 0.592. The van der Waals surface area contributed by atoms with Crippen LogP contribution in [0.4, 0.5) is 4.79 Å². The van der Waals surface area contributed by atoms with Gasteiger partial charge < -0.3 is 20.1 Å². The maximum atomic E-state index is 10.6. The van der Waals surface area contributed by atoms with Gasteiger partial charge in [-0.25, -0.2) is 10.2 Å². The maximum absolute atomic E-state index is 10.6. The fourth-order valence-electron chi connectivity index (χ4n) is 3.48. The minimum Gasteiger partial charge on any atom is -0.491 e. The molecule has 7 heteroatoms. The minimum atomic E-state index is -0.719. The molecule has 0 aliphatic rings. The monoisotopic (exact) mass is 402 g/mol. The Hall–Kier alpha value is -3.84. The van der Waals surface area contributed by atoms with Crippen molar-refractivity contribution in [1.82, 2.24) is 9.99 Å². The Kier molecular flexibility index (Phi) is 5.63. The molecule has 0 saturated carbocycles. The summed E-state index contributed by atoms with van der Waals surface area (Å²) in [6, 6.07) is 22.8. The number of hydrogen-bond acceptors (Lipinski definition) is 4. The molecular weight excluding hydrogens is 380 g/mol. The van der Waals surface area contributed by atoms with Gasteiger partial charge in [0.1, 0.15) is 18.5 Å². The highest BCUT2D eigenvalue weighted by molar-refractivity contribution is 6.07. The van der Waals surface area contributed by atoms with Crippen molar-refractivity contribution < 1.29 is 14.6 Å². The van der Waals surface area contributed by atoms with E-state index in [4.69, 9.17) is 10.5 Å². The van der Waals surface area contributed by atoms with Gasteiger partial charge in [-0.15, -0.1) is 0 Å². The number of nitrogens with zero attached hydrogens (tertiary/aromatic N) is 2. The van der Waals surface area contributed by atoms with Crippen molar-refractivity contribution in [2.24, 2.45) is 10.8 Å². The third kappa shape index (κ3) is 4.26. The van der Waals surface area contributed by atoms with Gasteiger partial charge in [-0.1, -0.05) is 36.4 Å². The number of carbonyl (C=O) groups is 1. The predicted molar refractivity (Wildman–Crippen MR) is 118 cm³/mol. The molecule has 0 bridgehead atoms. The standard InChI is InChI=1S/C23H22N4O3/c24-23(29)26-25-13-16-9-11-18(12-10-16)30-15-17(28)14-27-21-7-3-1-5-19(21)20-6-2-4-8-22(20)27/h1-13,17,28H,14-15H2,(H3,24,26,29)/b25-13-/t17-/m1/s1. The first-order valence-electron chi connectivity index (χ1n) is 9.57. The molecule has 2 amide bonds. The van der Waals surface area contributed by atoms with Gasteiger partial charge in [-0.05, 0) is 42.0 Å². The molecule has 0 fully saturated rings. The summed E-state index contributed by atoms with van der Waals surface area (Å²) < 4.78 is 7.87. The lowest BCUT2D eigenvalue weighted by molar-refractivity contribution is 0.0945. The molecule has 30 heavy (non-hydrogen) atoms. The Morgan fingerprint density at radius 1 is 1.03 bits per heavy atom. The molecule has 4 rings (SSSR count). The molecule has 1 atom stereocenters. The van der Waals surface area contributed by atoms with Crippen molar-refractivity contribution >= 4 is 34.1 Å². The van der Waals surface area contributed by atoms with Crippen LogP contribution in [0.15, 0.2) is 77.9 Å². The van der Waals surface area contributed by atoms with Gasteiger partial charge in [0, 0.05) is 21.8 Å². The lowest BCUT2D eigenvalue weighted by atomic mass is 10.2. The number of urea groups is 1. The van der Waals surface area contributed by atoms with Crippen LogP contribution in [0.1, 0.15) is 5.56 Å². The number of rotatable bonds is 7. The minimum absolute atomic E-state index is 0.164. The van der Waals surface area contributed by atoms with E-state index >= 15 is 0 Å². The number of nitrogens with two attached hydrogens (primary N) is 1. The van der Waals surface area contributed by atoms with Gasteiger partial charge >= 0.3 is 6.03 Å². The molecule has 4 aromatic rings. The molecule has 0 radical (unpaired) electrons. The zero-order valence-electron chi connectivity index (χ0n) is 16.2. The van der Waals surface area contributed by atoms with E-state index in [1.165, 1.54) is 17.0 Å². The zero-order valence-corrected chi connectivity index (χ0v) is 16.2. The first kappa shape index (κ1) is 19.5. The number of amides is 2. The van der Waals surface area contributed by atoms with Crippen molar-refractivity contribution in [1.29, 1.82) is 0 Å². The van der Waals surface area contributed by atoms with Crippen LogP contribution in [0.2, 0.25) is 0 Å². The SMILES string of the molecule is NC(=O)N/N=C\c1ccc(OC[C@H](O)Cn2c3ccccc3c3ccccc32)cc1. The number of fused-ring (bicyclic) bond motifs is 3. The summed E-state index contributed by atoms with van der Waals surface area (Å²) in [5, 5.41) is 16.6. The quantitative estimate of drug-likeness (QED) is 0.327. The lowest BCUT2D eigenvalue weighted by Gasteiger charge is -2.15. The van der Waals surface area contributed by atoms with E-state index in [0.717, 1.165) is 16.6 Å². The molecule has 3 aromatic carbocycles. The average molecular weight is 402 g/mol. The Morgan fingerprint density at radius 2 is 1.63 bits per heavy atom. The molecule has 1 aromatic heterocycles. The number of nitrogens with one attached hydrogen (secondary N) is 1. The summed E-state index contributed by atoms with van der Waals surface area (Å²) in [5.74, 6) is 0.635. The summed E-state index contributed by atoms with van der Waals surface area (Å²) in [5.41, 5.74) is 10.0. The number of aliphatic hydroxyl groups is 1. The zero-order chi connectivity index (χ0) is 20.9. The number of benzene rings is 3. The smallest absolute Gasteiger partial charge is 0.332 e. The van der Waals surface area contributed by atoms with E-state index in [1.54, 1.807) is 24.3 Å². The maximum Gasteiger partial charge on any atom is 0.332 e. The number of hydrazone groups is 1. The van der Waals surface area contributed by atoms with E-state index < -0.39 is 12.1 Å².